The minimum absolute atomic E-state index is 0.595. The number of aliphatic hydroxyl groups excluding tert-OH is 1. The molecule has 0 saturated heterocycles. The van der Waals surface area contributed by atoms with Crippen molar-refractivity contribution >= 4 is 0 Å². The Bertz CT molecular complexity index is 104. The minimum atomic E-state index is -0.944. The molecule has 0 amide bonds. The van der Waals surface area contributed by atoms with Gasteiger partial charge in [-0.25, -0.2) is 5.06 Å². The molecule has 0 fully saturated rings. The lowest BCUT2D eigenvalue weighted by atomic mass is 10.5. The Morgan fingerprint density at radius 1 is 1.75 bits per heavy atom. The van der Waals surface area contributed by atoms with Gasteiger partial charge in [0.2, 0.25) is 6.35 Å². The van der Waals surface area contributed by atoms with E-state index in [4.69, 9.17) is 10.3 Å². The molecule has 1 atom stereocenters. The summed E-state index contributed by atoms with van der Waals surface area (Å²) in [7, 11) is 0. The Kier molecular flexibility index (Phi) is 1.48. The summed E-state index contributed by atoms with van der Waals surface area (Å²) in [4.78, 5) is 0. The van der Waals surface area contributed by atoms with Crippen LogP contribution in [-0.2, 0) is 0 Å². The van der Waals surface area contributed by atoms with Gasteiger partial charge in [0.1, 0.15) is 0 Å². The summed E-state index contributed by atoms with van der Waals surface area (Å²) < 4.78 is 0. The Morgan fingerprint density at radius 3 is 2.88 bits per heavy atom. The fourth-order valence-electron chi connectivity index (χ4n) is 0.509. The molecule has 8 heavy (non-hydrogen) atoms. The van der Waals surface area contributed by atoms with E-state index >= 15 is 0 Å². The zero-order chi connectivity index (χ0) is 5.98. The maximum Gasteiger partial charge on any atom is 0.207 e. The molecule has 0 aliphatic carbocycles. The minimum Gasteiger partial charge on any atom is -0.359 e. The molecule has 3 N–H and O–H groups in total. The molecule has 1 aliphatic rings. The van der Waals surface area contributed by atoms with Gasteiger partial charge in [-0.1, -0.05) is 6.08 Å². The van der Waals surface area contributed by atoms with Gasteiger partial charge >= 0.3 is 0 Å². The number of hydrogen-bond acceptors (Lipinski definition) is 4. The second-order valence-corrected chi connectivity index (χ2v) is 1.55. The van der Waals surface area contributed by atoms with Crippen molar-refractivity contribution in [3.05, 3.63) is 12.3 Å². The highest BCUT2D eigenvalue weighted by Gasteiger charge is 2.09. The molecule has 1 unspecified atom stereocenters. The van der Waals surface area contributed by atoms with Gasteiger partial charge in [0.25, 0.3) is 0 Å². The maximum absolute atomic E-state index is 8.69. The highest BCUT2D eigenvalue weighted by molar-refractivity contribution is 4.86. The molecule has 1 heterocycles. The van der Waals surface area contributed by atoms with E-state index in [2.05, 4.69) is 5.32 Å². The number of nitrogens with one attached hydrogen (secondary N) is 1. The van der Waals surface area contributed by atoms with E-state index in [1.807, 2.05) is 0 Å². The number of hydrogen-bond donors (Lipinski definition) is 3. The molecule has 0 spiro atoms. The molecular formula is C4H8N2O2. The summed E-state index contributed by atoms with van der Waals surface area (Å²) in [5, 5.41) is 20.6. The van der Waals surface area contributed by atoms with Crippen molar-refractivity contribution in [2.45, 2.75) is 6.35 Å². The van der Waals surface area contributed by atoms with E-state index in [0.29, 0.717) is 11.6 Å². The molecule has 0 aromatic carbocycles. The van der Waals surface area contributed by atoms with Gasteiger partial charge in [-0.2, -0.15) is 0 Å². The van der Waals surface area contributed by atoms with E-state index in [9.17, 15) is 0 Å². The molecule has 4 nitrogen and oxygen atoms in total. The predicted molar refractivity (Wildman–Crippen MR) is 26.8 cm³/mol. The summed E-state index contributed by atoms with van der Waals surface area (Å²) in [6, 6.07) is 0. The van der Waals surface area contributed by atoms with Gasteiger partial charge < -0.3 is 5.11 Å². The largest absolute Gasteiger partial charge is 0.359 e. The van der Waals surface area contributed by atoms with Gasteiger partial charge in [-0.05, 0) is 0 Å². The summed E-state index contributed by atoms with van der Waals surface area (Å²) in [6.45, 7) is 0.595. The standard InChI is InChI=1S/C4H8N2O2/c7-4-5-2-1-3-6(4)8/h1,3-5,7-8H,2H2. The average molecular weight is 116 g/mol. The van der Waals surface area contributed by atoms with E-state index in [-0.39, 0.29) is 0 Å². The Hall–Kier alpha value is -0.580. The first-order valence-electron chi connectivity index (χ1n) is 2.36. The van der Waals surface area contributed by atoms with E-state index in [0.717, 1.165) is 0 Å². The molecule has 4 heteroatoms. The third kappa shape index (κ3) is 0.975. The van der Waals surface area contributed by atoms with Crippen LogP contribution in [0.25, 0.3) is 0 Å². The third-order valence-corrected chi connectivity index (χ3v) is 0.927. The highest BCUT2D eigenvalue weighted by Crippen LogP contribution is 1.92. The second-order valence-electron chi connectivity index (χ2n) is 1.55. The Morgan fingerprint density at radius 2 is 2.50 bits per heavy atom. The predicted octanol–water partition coefficient (Wildman–Crippen LogP) is -0.930. The SMILES string of the molecule is OC1NCC=CN1O. The Balaban J connectivity index is 2.47. The van der Waals surface area contributed by atoms with Crippen molar-refractivity contribution in [3.63, 3.8) is 0 Å². The van der Waals surface area contributed by atoms with Gasteiger partial charge in [0, 0.05) is 12.7 Å². The van der Waals surface area contributed by atoms with Crippen molar-refractivity contribution in [1.82, 2.24) is 10.4 Å². The molecule has 0 radical (unpaired) electrons. The topological polar surface area (TPSA) is 55.7 Å². The Labute approximate surface area is 47.0 Å². The van der Waals surface area contributed by atoms with Crippen molar-refractivity contribution < 1.29 is 10.3 Å². The summed E-state index contributed by atoms with van der Waals surface area (Å²) in [6.07, 6.45) is 2.16. The van der Waals surface area contributed by atoms with Crippen LogP contribution >= 0.6 is 0 Å². The number of aliphatic hydroxyl groups is 1. The molecule has 0 aromatic heterocycles. The van der Waals surface area contributed by atoms with Crippen LogP contribution in [0.2, 0.25) is 0 Å². The highest BCUT2D eigenvalue weighted by atomic mass is 16.5. The van der Waals surface area contributed by atoms with E-state index < -0.39 is 6.35 Å². The van der Waals surface area contributed by atoms with Crippen LogP contribution in [0.3, 0.4) is 0 Å². The molecule has 0 aromatic rings. The quantitative estimate of drug-likeness (QED) is 0.383. The number of nitrogens with zero attached hydrogens (tertiary/aromatic N) is 1. The first-order valence-corrected chi connectivity index (χ1v) is 2.36. The monoisotopic (exact) mass is 116 g/mol. The molecular weight excluding hydrogens is 108 g/mol. The van der Waals surface area contributed by atoms with Crippen LogP contribution in [0.1, 0.15) is 0 Å². The van der Waals surface area contributed by atoms with Gasteiger partial charge in [0.15, 0.2) is 0 Å². The molecule has 1 rings (SSSR count). The van der Waals surface area contributed by atoms with Gasteiger partial charge in [0.05, 0.1) is 0 Å². The first kappa shape index (κ1) is 5.55. The van der Waals surface area contributed by atoms with E-state index in [1.165, 1.54) is 6.20 Å². The molecule has 0 saturated carbocycles. The average Bonchev–Trinajstić information content (AvgIpc) is 1.77. The molecule has 46 valence electrons. The zero-order valence-electron chi connectivity index (χ0n) is 4.28. The summed E-state index contributed by atoms with van der Waals surface area (Å²) >= 11 is 0. The van der Waals surface area contributed by atoms with Crippen molar-refractivity contribution in [2.75, 3.05) is 6.54 Å². The fourth-order valence-corrected chi connectivity index (χ4v) is 0.509. The zero-order valence-corrected chi connectivity index (χ0v) is 4.28. The number of rotatable bonds is 0. The van der Waals surface area contributed by atoms with Gasteiger partial charge in [-0.15, -0.1) is 0 Å². The maximum atomic E-state index is 8.69. The molecule has 0 bridgehead atoms. The van der Waals surface area contributed by atoms with Crippen LogP contribution in [0, 0.1) is 0 Å². The smallest absolute Gasteiger partial charge is 0.207 e. The summed E-state index contributed by atoms with van der Waals surface area (Å²) in [5.41, 5.74) is 0. The van der Waals surface area contributed by atoms with Crippen molar-refractivity contribution in [1.29, 1.82) is 0 Å². The van der Waals surface area contributed by atoms with Gasteiger partial charge in [-0.3, -0.25) is 10.5 Å². The number of hydroxylamine groups is 2. The molecule has 1 aliphatic heterocycles. The van der Waals surface area contributed by atoms with Crippen LogP contribution < -0.4 is 5.32 Å². The lowest BCUT2D eigenvalue weighted by molar-refractivity contribution is -0.174. The normalized spacial score (nSPS) is 28.8. The second kappa shape index (κ2) is 2.13. The fraction of sp³-hybridized carbons (Fsp3) is 0.500. The first-order chi connectivity index (χ1) is 3.80. The van der Waals surface area contributed by atoms with Crippen LogP contribution in [0.15, 0.2) is 12.3 Å². The third-order valence-electron chi connectivity index (χ3n) is 0.927. The van der Waals surface area contributed by atoms with Crippen LogP contribution in [-0.4, -0.2) is 28.3 Å². The van der Waals surface area contributed by atoms with E-state index in [1.54, 1.807) is 6.08 Å². The lowest BCUT2D eigenvalue weighted by Gasteiger charge is -2.22. The van der Waals surface area contributed by atoms with Crippen molar-refractivity contribution in [3.8, 4) is 0 Å². The van der Waals surface area contributed by atoms with Crippen LogP contribution in [0.5, 0.6) is 0 Å². The lowest BCUT2D eigenvalue weighted by Crippen LogP contribution is -2.43. The van der Waals surface area contributed by atoms with Crippen molar-refractivity contribution in [2.24, 2.45) is 0 Å². The summed E-state index contributed by atoms with van der Waals surface area (Å²) in [5.74, 6) is 0. The van der Waals surface area contributed by atoms with Crippen LogP contribution in [0.4, 0.5) is 0 Å².